The number of nitrogens with zero attached hydrogens (tertiary/aromatic N) is 3. The number of aryl methyl sites for hydroxylation is 2. The van der Waals surface area contributed by atoms with E-state index >= 15 is 0 Å². The van der Waals surface area contributed by atoms with Crippen LogP contribution in [0.2, 0.25) is 18.1 Å². The number of hydrogen-bond donors (Lipinski definition) is 4. The van der Waals surface area contributed by atoms with Gasteiger partial charge in [0.25, 0.3) is 0 Å². The first-order valence-corrected chi connectivity index (χ1v) is 25.4. The molecule has 3 fully saturated rings. The maximum absolute atomic E-state index is 13.1. The molecule has 0 spiro atoms. The molecule has 332 valence electrons. The number of amides is 1. The summed E-state index contributed by atoms with van der Waals surface area (Å²) in [5, 5.41) is 25.5. The lowest BCUT2D eigenvalue weighted by Gasteiger charge is -2.48. The number of unbranched alkanes of at least 4 members (excludes halogenated alkanes) is 2. The Balaban J connectivity index is 0.912. The van der Waals surface area contributed by atoms with Crippen LogP contribution in [0.3, 0.4) is 0 Å². The third kappa shape index (κ3) is 9.57. The molecule has 0 saturated carbocycles. The molecule has 3 aliphatic heterocycles. The third-order valence-electron chi connectivity index (χ3n) is 13.8. The van der Waals surface area contributed by atoms with Crippen molar-refractivity contribution in [3.8, 4) is 16.9 Å². The standard InChI is InChI=1S/C50H61N5O7Si/c1-50(2,3)63(4,5)62-45(38-18-21-43(56)47-39(38)19-22-46(57)52-47)31-51-30-34-16-20-40-44(29-34)61-49(60)54(40)25-11-7-8-12-33-15-17-37(35-13-9-6-10-14-35)41(28-33)55(48(58)59)42-32-53-26-23-36(42)24-27-53/h6,9-10,13-22,28-29,36,42,45,51,56H,7-8,11-12,23-27,30-32H2,1-5H3,(H,52,57)(H,58,59)/t42?,45-/m0/s1. The van der Waals surface area contributed by atoms with Gasteiger partial charge in [-0.2, -0.15) is 0 Å². The SMILES string of the molecule is CC(C)(C)[Si](C)(C)O[C@@H](CNCc1ccc2c(c1)oc(=O)n2CCCCCc1ccc(-c2ccccc2)c(N(C(=O)O)C2CN3CCC2CC3)c1)c1ccc(O)c2[nH]c(=O)ccc12. The highest BCUT2D eigenvalue weighted by Gasteiger charge is 2.41. The van der Waals surface area contributed by atoms with Crippen LogP contribution in [0.1, 0.15) is 75.7 Å². The number of oxazole rings is 1. The molecule has 63 heavy (non-hydrogen) atoms. The topological polar surface area (TPSA) is 153 Å². The van der Waals surface area contributed by atoms with Crippen LogP contribution < -0.4 is 21.5 Å². The number of aromatic nitrogens is 2. The quantitative estimate of drug-likeness (QED) is 0.0550. The summed E-state index contributed by atoms with van der Waals surface area (Å²) in [6.07, 6.45) is 4.20. The summed E-state index contributed by atoms with van der Waals surface area (Å²) in [5.74, 6) is -0.00190. The number of benzene rings is 4. The van der Waals surface area contributed by atoms with E-state index in [0.29, 0.717) is 36.7 Å². The van der Waals surface area contributed by atoms with E-state index in [4.69, 9.17) is 8.84 Å². The van der Waals surface area contributed by atoms with Crippen molar-refractivity contribution in [3.63, 3.8) is 0 Å². The van der Waals surface area contributed by atoms with Crippen molar-refractivity contribution in [2.45, 2.75) is 103 Å². The van der Waals surface area contributed by atoms with E-state index in [1.165, 1.54) is 6.07 Å². The number of phenolic OH excluding ortho intramolecular Hbond substituents is 1. The van der Waals surface area contributed by atoms with Crippen molar-refractivity contribution >= 4 is 42.1 Å². The average molecular weight is 872 g/mol. The molecule has 1 unspecified atom stereocenters. The van der Waals surface area contributed by atoms with Gasteiger partial charge in [-0.1, -0.05) is 81.8 Å². The van der Waals surface area contributed by atoms with Gasteiger partial charge in [-0.3, -0.25) is 14.3 Å². The second-order valence-electron chi connectivity index (χ2n) is 19.0. The van der Waals surface area contributed by atoms with Crippen molar-refractivity contribution in [1.29, 1.82) is 0 Å². The van der Waals surface area contributed by atoms with Crippen LogP contribution in [0.4, 0.5) is 10.5 Å². The molecule has 5 heterocycles. The molecular weight excluding hydrogens is 811 g/mol. The molecule has 3 aliphatic rings. The van der Waals surface area contributed by atoms with E-state index < -0.39 is 14.4 Å². The van der Waals surface area contributed by atoms with Gasteiger partial charge in [-0.25, -0.2) is 9.59 Å². The summed E-state index contributed by atoms with van der Waals surface area (Å²) in [4.78, 5) is 45.1. The van der Waals surface area contributed by atoms with Crippen molar-refractivity contribution in [2.24, 2.45) is 5.92 Å². The average Bonchev–Trinajstić information content (AvgIpc) is 3.57. The summed E-state index contributed by atoms with van der Waals surface area (Å²) in [6, 6.07) is 28.9. The highest BCUT2D eigenvalue weighted by atomic mass is 28.4. The number of H-pyrrole nitrogens is 1. The molecule has 6 aromatic rings. The molecule has 4 N–H and O–H groups in total. The first-order chi connectivity index (χ1) is 30.2. The predicted molar refractivity (Wildman–Crippen MR) is 252 cm³/mol. The summed E-state index contributed by atoms with van der Waals surface area (Å²) >= 11 is 0. The Hall–Kier alpha value is -5.47. The molecule has 0 radical (unpaired) electrons. The normalized spacial score (nSPS) is 18.3. The van der Waals surface area contributed by atoms with Gasteiger partial charge >= 0.3 is 11.8 Å². The summed E-state index contributed by atoms with van der Waals surface area (Å²) in [6.45, 7) is 15.4. The third-order valence-corrected chi connectivity index (χ3v) is 18.3. The van der Waals surface area contributed by atoms with Crippen molar-refractivity contribution in [1.82, 2.24) is 19.8 Å². The Labute approximate surface area is 369 Å². The van der Waals surface area contributed by atoms with Crippen LogP contribution >= 0.6 is 0 Å². The maximum Gasteiger partial charge on any atom is 0.419 e. The number of aromatic amines is 1. The van der Waals surface area contributed by atoms with Crippen LogP contribution in [0.15, 0.2) is 105 Å². The lowest BCUT2D eigenvalue weighted by atomic mass is 9.82. The molecule has 4 aromatic carbocycles. The smallest absolute Gasteiger partial charge is 0.419 e. The minimum atomic E-state index is -2.25. The molecule has 9 rings (SSSR count). The number of piperidine rings is 3. The number of pyridine rings is 1. The predicted octanol–water partition coefficient (Wildman–Crippen LogP) is 9.65. The van der Waals surface area contributed by atoms with Crippen LogP contribution in [-0.4, -0.2) is 71.3 Å². The Morgan fingerprint density at radius 1 is 0.952 bits per heavy atom. The number of carboxylic acid groups (broad SMARTS) is 1. The minimum absolute atomic E-state index is 0.0105. The maximum atomic E-state index is 13.1. The number of fused-ring (bicyclic) bond motifs is 5. The second kappa shape index (κ2) is 18.3. The van der Waals surface area contributed by atoms with Gasteiger partial charge in [0, 0.05) is 43.2 Å². The van der Waals surface area contributed by atoms with Gasteiger partial charge in [-0.05, 0) is 122 Å². The van der Waals surface area contributed by atoms with Gasteiger partial charge in [0.15, 0.2) is 13.9 Å². The van der Waals surface area contributed by atoms with Crippen LogP contribution in [0.5, 0.6) is 5.75 Å². The van der Waals surface area contributed by atoms with Gasteiger partial charge in [0.2, 0.25) is 5.56 Å². The monoisotopic (exact) mass is 871 g/mol. The second-order valence-corrected chi connectivity index (χ2v) is 23.7. The first kappa shape index (κ1) is 44.1. The van der Waals surface area contributed by atoms with Gasteiger partial charge in [0.1, 0.15) is 5.75 Å². The van der Waals surface area contributed by atoms with Gasteiger partial charge in [0.05, 0.1) is 28.9 Å². The number of carbonyl (C=O) groups is 1. The number of anilines is 1. The van der Waals surface area contributed by atoms with Crippen molar-refractivity contribution in [3.05, 3.63) is 129 Å². The van der Waals surface area contributed by atoms with E-state index in [-0.39, 0.29) is 34.2 Å². The lowest BCUT2D eigenvalue weighted by Crippen LogP contribution is -2.59. The van der Waals surface area contributed by atoms with E-state index in [2.05, 4.69) is 67.3 Å². The molecule has 2 atom stereocenters. The fraction of sp³-hybridized carbons (Fsp3) is 0.420. The molecule has 0 aliphatic carbocycles. The molecule has 1 amide bonds. The van der Waals surface area contributed by atoms with E-state index in [1.807, 2.05) is 54.6 Å². The van der Waals surface area contributed by atoms with Crippen LogP contribution in [-0.2, 0) is 23.9 Å². The minimum Gasteiger partial charge on any atom is -0.506 e. The number of rotatable bonds is 16. The number of phenols is 1. The van der Waals surface area contributed by atoms with Crippen molar-refractivity contribution < 1.29 is 23.9 Å². The molecule has 2 bridgehead atoms. The number of hydrogen-bond acceptors (Lipinski definition) is 8. The summed E-state index contributed by atoms with van der Waals surface area (Å²) < 4.78 is 14.4. The number of nitrogens with one attached hydrogen (secondary N) is 2. The highest BCUT2D eigenvalue weighted by Crippen LogP contribution is 2.42. The van der Waals surface area contributed by atoms with E-state index in [1.54, 1.807) is 21.6 Å². The van der Waals surface area contributed by atoms with Gasteiger partial charge in [-0.15, -0.1) is 0 Å². The van der Waals surface area contributed by atoms with Crippen LogP contribution in [0.25, 0.3) is 33.1 Å². The van der Waals surface area contributed by atoms with E-state index in [9.17, 15) is 24.6 Å². The Bertz CT molecular complexity index is 2690. The largest absolute Gasteiger partial charge is 0.506 e. The Kier molecular flexibility index (Phi) is 12.8. The zero-order valence-corrected chi connectivity index (χ0v) is 38.2. The Morgan fingerprint density at radius 3 is 2.43 bits per heavy atom. The van der Waals surface area contributed by atoms with Crippen LogP contribution in [0, 0.1) is 5.92 Å². The zero-order valence-electron chi connectivity index (χ0n) is 37.2. The molecular formula is C50H61N5O7Si. The fourth-order valence-corrected chi connectivity index (χ4v) is 10.6. The molecule has 3 saturated heterocycles. The first-order valence-electron chi connectivity index (χ1n) is 22.5. The van der Waals surface area contributed by atoms with Crippen molar-refractivity contribution in [2.75, 3.05) is 31.1 Å². The fourth-order valence-electron chi connectivity index (χ4n) is 9.29. The summed E-state index contributed by atoms with van der Waals surface area (Å²) in [7, 11) is -2.25. The number of aromatic hydroxyl groups is 1. The Morgan fingerprint density at radius 2 is 1.71 bits per heavy atom. The lowest BCUT2D eigenvalue weighted by molar-refractivity contribution is 0.0837. The molecule has 2 aromatic heterocycles. The van der Waals surface area contributed by atoms with Gasteiger partial charge < -0.3 is 34.3 Å². The molecule has 12 nitrogen and oxygen atoms in total. The molecule has 13 heteroatoms. The van der Waals surface area contributed by atoms with E-state index in [0.717, 1.165) is 103 Å². The highest BCUT2D eigenvalue weighted by molar-refractivity contribution is 6.74. The summed E-state index contributed by atoms with van der Waals surface area (Å²) in [5.41, 5.74) is 7.06. The zero-order chi connectivity index (χ0) is 44.5.